The summed E-state index contributed by atoms with van der Waals surface area (Å²) in [5, 5.41) is 1.79. The highest BCUT2D eigenvalue weighted by atomic mass is 32.1. The molecule has 0 aliphatic heterocycles. The van der Waals surface area contributed by atoms with E-state index >= 15 is 0 Å². The molecular formula is C20H14N2O4S. The summed E-state index contributed by atoms with van der Waals surface area (Å²) in [6.45, 7) is -0.121. The van der Waals surface area contributed by atoms with Gasteiger partial charge < -0.3 is 14.5 Å². The fourth-order valence-electron chi connectivity index (χ4n) is 2.52. The Morgan fingerprint density at radius 1 is 1.04 bits per heavy atom. The third kappa shape index (κ3) is 3.88. The molecule has 0 saturated carbocycles. The number of carbonyl (C=O) groups is 1. The number of aromatic nitrogens is 2. The van der Waals surface area contributed by atoms with Crippen LogP contribution >= 0.6 is 11.3 Å². The minimum atomic E-state index is -0.526. The van der Waals surface area contributed by atoms with Crippen molar-refractivity contribution in [2.24, 2.45) is 0 Å². The molecule has 0 aliphatic carbocycles. The number of aromatic amines is 1. The molecule has 6 nitrogen and oxygen atoms in total. The van der Waals surface area contributed by atoms with Gasteiger partial charge in [0.05, 0.1) is 11.1 Å². The van der Waals surface area contributed by atoms with Crippen molar-refractivity contribution in [1.29, 1.82) is 0 Å². The molecule has 0 radical (unpaired) electrons. The van der Waals surface area contributed by atoms with Crippen LogP contribution in [0.1, 0.15) is 16.2 Å². The molecule has 0 spiro atoms. The maximum Gasteiger partial charge on any atom is 0.338 e. The molecule has 2 aromatic carbocycles. The molecule has 0 aliphatic rings. The Labute approximate surface area is 158 Å². The highest BCUT2D eigenvalue weighted by Crippen LogP contribution is 2.22. The number of benzene rings is 2. The number of fused-ring (bicyclic) bond motifs is 1. The van der Waals surface area contributed by atoms with Crippen molar-refractivity contribution in [2.75, 3.05) is 0 Å². The van der Waals surface area contributed by atoms with Crippen molar-refractivity contribution in [3.63, 3.8) is 0 Å². The Morgan fingerprint density at radius 2 is 1.85 bits per heavy atom. The first kappa shape index (κ1) is 17.0. The molecule has 0 unspecified atom stereocenters. The summed E-state index contributed by atoms with van der Waals surface area (Å²) >= 11 is 1.32. The highest BCUT2D eigenvalue weighted by Gasteiger charge is 2.11. The fourth-order valence-corrected chi connectivity index (χ4v) is 3.24. The SMILES string of the molecule is O=C(OCc1nc2ccsc2c(=O)[nH]1)c1cccc(Oc2ccccc2)c1. The van der Waals surface area contributed by atoms with Crippen LogP contribution in [0.4, 0.5) is 0 Å². The number of H-pyrrole nitrogens is 1. The summed E-state index contributed by atoms with van der Waals surface area (Å²) in [6, 6.07) is 17.8. The number of esters is 1. The maximum atomic E-state index is 12.3. The number of nitrogens with zero attached hydrogens (tertiary/aromatic N) is 1. The van der Waals surface area contributed by atoms with Gasteiger partial charge in [-0.1, -0.05) is 24.3 Å². The average molecular weight is 378 g/mol. The second-order valence-corrected chi connectivity index (χ2v) is 6.58. The molecule has 4 rings (SSSR count). The van der Waals surface area contributed by atoms with Crippen LogP contribution in [0, 0.1) is 0 Å². The number of rotatable bonds is 5. The number of carbonyl (C=O) groups excluding carboxylic acids is 1. The van der Waals surface area contributed by atoms with Gasteiger partial charge in [-0.05, 0) is 41.8 Å². The summed E-state index contributed by atoms with van der Waals surface area (Å²) in [4.78, 5) is 31.2. The summed E-state index contributed by atoms with van der Waals surface area (Å²) in [5.41, 5.74) is 0.703. The van der Waals surface area contributed by atoms with Crippen LogP contribution in [0.25, 0.3) is 10.2 Å². The minimum absolute atomic E-state index is 0.121. The first-order chi connectivity index (χ1) is 13.2. The lowest BCUT2D eigenvalue weighted by Gasteiger charge is -2.08. The van der Waals surface area contributed by atoms with E-state index in [-0.39, 0.29) is 12.2 Å². The first-order valence-corrected chi connectivity index (χ1v) is 9.03. The minimum Gasteiger partial charge on any atom is -0.457 e. The summed E-state index contributed by atoms with van der Waals surface area (Å²) in [6.07, 6.45) is 0. The van der Waals surface area contributed by atoms with Crippen molar-refractivity contribution in [3.05, 3.63) is 87.8 Å². The number of para-hydroxylation sites is 1. The second-order valence-electron chi connectivity index (χ2n) is 5.67. The van der Waals surface area contributed by atoms with E-state index in [9.17, 15) is 9.59 Å². The fraction of sp³-hybridized carbons (Fsp3) is 0.0500. The normalized spacial score (nSPS) is 10.7. The van der Waals surface area contributed by atoms with Crippen LogP contribution in [0.5, 0.6) is 11.5 Å². The Balaban J connectivity index is 1.46. The predicted octanol–water partition coefficient (Wildman–Crippen LogP) is 4.13. The molecule has 7 heteroatoms. The molecule has 0 fully saturated rings. The third-order valence-corrected chi connectivity index (χ3v) is 4.65. The second kappa shape index (κ2) is 7.43. The van der Waals surface area contributed by atoms with E-state index < -0.39 is 5.97 Å². The van der Waals surface area contributed by atoms with Gasteiger partial charge in [-0.15, -0.1) is 11.3 Å². The smallest absolute Gasteiger partial charge is 0.338 e. The molecule has 0 saturated heterocycles. The topological polar surface area (TPSA) is 81.3 Å². The number of nitrogens with one attached hydrogen (secondary N) is 1. The molecule has 0 amide bonds. The Morgan fingerprint density at radius 3 is 2.70 bits per heavy atom. The number of ether oxygens (including phenoxy) is 2. The van der Waals surface area contributed by atoms with Crippen LogP contribution in [0.3, 0.4) is 0 Å². The molecule has 134 valence electrons. The van der Waals surface area contributed by atoms with Crippen LogP contribution in [0.15, 0.2) is 70.8 Å². The van der Waals surface area contributed by atoms with Crippen molar-refractivity contribution in [3.8, 4) is 11.5 Å². The van der Waals surface area contributed by atoms with Crippen LogP contribution in [0.2, 0.25) is 0 Å². The van der Waals surface area contributed by atoms with Gasteiger partial charge in [0.25, 0.3) is 5.56 Å². The van der Waals surface area contributed by atoms with Crippen LogP contribution in [-0.4, -0.2) is 15.9 Å². The number of hydrogen-bond acceptors (Lipinski definition) is 6. The zero-order chi connectivity index (χ0) is 18.6. The lowest BCUT2D eigenvalue weighted by molar-refractivity contribution is 0.0462. The van der Waals surface area contributed by atoms with E-state index in [4.69, 9.17) is 9.47 Å². The lowest BCUT2D eigenvalue weighted by Crippen LogP contribution is -2.13. The standard InChI is InChI=1S/C20H14N2O4S/c23-19-18-16(9-10-27-18)21-17(22-19)12-25-20(24)13-5-4-8-15(11-13)26-14-6-2-1-3-7-14/h1-11H,12H2,(H,21,22,23). The molecule has 0 bridgehead atoms. The van der Waals surface area contributed by atoms with Gasteiger partial charge in [0, 0.05) is 0 Å². The Hall–Kier alpha value is -3.45. The monoisotopic (exact) mass is 378 g/mol. The number of thiophene rings is 1. The van der Waals surface area contributed by atoms with Gasteiger partial charge in [-0.3, -0.25) is 4.79 Å². The average Bonchev–Trinajstić information content (AvgIpc) is 3.16. The van der Waals surface area contributed by atoms with Crippen LogP contribution in [-0.2, 0) is 11.3 Å². The Bertz CT molecular complexity index is 1150. The zero-order valence-electron chi connectivity index (χ0n) is 14.0. The Kier molecular flexibility index (Phi) is 4.67. The van der Waals surface area contributed by atoms with E-state index in [0.29, 0.717) is 33.1 Å². The molecule has 4 aromatic rings. The maximum absolute atomic E-state index is 12.3. The third-order valence-electron chi connectivity index (χ3n) is 3.75. The van der Waals surface area contributed by atoms with E-state index in [1.165, 1.54) is 11.3 Å². The molecule has 1 N–H and O–H groups in total. The zero-order valence-corrected chi connectivity index (χ0v) is 14.9. The number of hydrogen-bond donors (Lipinski definition) is 1. The van der Waals surface area contributed by atoms with Gasteiger partial charge in [0.1, 0.15) is 28.6 Å². The van der Waals surface area contributed by atoms with Crippen molar-refractivity contribution in [2.45, 2.75) is 6.61 Å². The van der Waals surface area contributed by atoms with Gasteiger partial charge >= 0.3 is 5.97 Å². The molecular weight excluding hydrogens is 364 g/mol. The summed E-state index contributed by atoms with van der Waals surface area (Å²) in [7, 11) is 0. The molecule has 0 atom stereocenters. The molecule has 2 aromatic heterocycles. The lowest BCUT2D eigenvalue weighted by atomic mass is 10.2. The van der Waals surface area contributed by atoms with Gasteiger partial charge in [0.15, 0.2) is 0 Å². The molecule has 27 heavy (non-hydrogen) atoms. The van der Waals surface area contributed by atoms with Crippen molar-refractivity contribution in [1.82, 2.24) is 9.97 Å². The van der Waals surface area contributed by atoms with Gasteiger partial charge in [-0.25, -0.2) is 9.78 Å². The largest absolute Gasteiger partial charge is 0.457 e. The van der Waals surface area contributed by atoms with Gasteiger partial charge in [-0.2, -0.15) is 0 Å². The summed E-state index contributed by atoms with van der Waals surface area (Å²) in [5.74, 6) is 0.980. The van der Waals surface area contributed by atoms with Crippen LogP contribution < -0.4 is 10.3 Å². The first-order valence-electron chi connectivity index (χ1n) is 8.15. The van der Waals surface area contributed by atoms with E-state index in [1.54, 1.807) is 35.7 Å². The predicted molar refractivity (Wildman–Crippen MR) is 102 cm³/mol. The van der Waals surface area contributed by atoms with E-state index in [1.807, 2.05) is 30.3 Å². The molecule has 2 heterocycles. The van der Waals surface area contributed by atoms with E-state index in [0.717, 1.165) is 0 Å². The summed E-state index contributed by atoms with van der Waals surface area (Å²) < 4.78 is 11.5. The quantitative estimate of drug-likeness (QED) is 0.528. The van der Waals surface area contributed by atoms with E-state index in [2.05, 4.69) is 9.97 Å². The van der Waals surface area contributed by atoms with Crippen molar-refractivity contribution >= 4 is 27.5 Å². The van der Waals surface area contributed by atoms with Crippen molar-refractivity contribution < 1.29 is 14.3 Å². The highest BCUT2D eigenvalue weighted by molar-refractivity contribution is 7.17. The van der Waals surface area contributed by atoms with Gasteiger partial charge in [0.2, 0.25) is 0 Å².